The van der Waals surface area contributed by atoms with Crippen LogP contribution in [-0.2, 0) is 21.2 Å². The van der Waals surface area contributed by atoms with Crippen molar-refractivity contribution in [1.29, 1.82) is 0 Å². The van der Waals surface area contributed by atoms with Crippen LogP contribution in [0.4, 0.5) is 5.69 Å². The summed E-state index contributed by atoms with van der Waals surface area (Å²) in [5.74, 6) is 0.0113. The molecule has 8 nitrogen and oxygen atoms in total. The Kier molecular flexibility index (Phi) is 8.15. The number of para-hydroxylation sites is 1. The largest absolute Gasteiger partial charge is 0.338 e. The molecule has 42 heavy (non-hydrogen) atoms. The summed E-state index contributed by atoms with van der Waals surface area (Å²) >= 11 is 8.14. The normalized spacial score (nSPS) is 17.9. The molecule has 1 fully saturated rings. The van der Waals surface area contributed by atoms with Crippen molar-refractivity contribution < 1.29 is 13.2 Å². The predicted molar refractivity (Wildman–Crippen MR) is 168 cm³/mol. The Hall–Kier alpha value is -3.54. The van der Waals surface area contributed by atoms with Crippen LogP contribution in [-0.4, -0.2) is 67.6 Å². The molecule has 0 spiro atoms. The molecular weight excluding hydrogens is 590 g/mol. The second-order valence-corrected chi connectivity index (χ2v) is 13.8. The Labute approximate surface area is 254 Å². The standard InChI is InChI=1S/C31H30ClN5O3S2/c1-42(39,40)24-9-6-7-22(19-24)29-12-13-30(41-29)28-20-26(34-37(28)27-11-3-2-10-25(27)32)31(38)36-17-15-35(16-18-36)21-23-8-4-5-14-33-23/h2-14,19-20,26,34H,15-18,21H2,1H3. The number of carbonyl (C=O) groups excluding carboxylic acids is 1. The van der Waals surface area contributed by atoms with Crippen LogP contribution < -0.4 is 10.4 Å². The van der Waals surface area contributed by atoms with Gasteiger partial charge in [0.25, 0.3) is 0 Å². The number of rotatable bonds is 7. The number of hydrogen-bond donors (Lipinski definition) is 1. The lowest BCUT2D eigenvalue weighted by Gasteiger charge is -2.35. The van der Waals surface area contributed by atoms with E-state index in [-0.39, 0.29) is 10.8 Å². The molecule has 0 bridgehead atoms. The smallest absolute Gasteiger partial charge is 0.245 e. The Balaban J connectivity index is 1.24. The fraction of sp³-hybridized carbons (Fsp3) is 0.226. The average Bonchev–Trinajstić information content (AvgIpc) is 3.66. The van der Waals surface area contributed by atoms with Crippen LogP contribution in [0.1, 0.15) is 10.6 Å². The van der Waals surface area contributed by atoms with Crippen LogP contribution in [0.2, 0.25) is 5.02 Å². The minimum Gasteiger partial charge on any atom is -0.338 e. The number of sulfone groups is 1. The first kappa shape index (κ1) is 28.6. The summed E-state index contributed by atoms with van der Waals surface area (Å²) in [6.45, 7) is 3.60. The van der Waals surface area contributed by atoms with Crippen LogP contribution in [0, 0.1) is 0 Å². The molecule has 1 atom stereocenters. The van der Waals surface area contributed by atoms with E-state index in [2.05, 4.69) is 15.3 Å². The quantitative estimate of drug-likeness (QED) is 0.313. The molecule has 2 aromatic heterocycles. The molecule has 4 heterocycles. The highest BCUT2D eigenvalue weighted by atomic mass is 35.5. The fourth-order valence-corrected chi connectivity index (χ4v) is 7.09. The first-order valence-corrected chi connectivity index (χ1v) is 16.7. The number of pyridine rings is 1. The summed E-state index contributed by atoms with van der Waals surface area (Å²) in [4.78, 5) is 24.5. The molecule has 1 saturated heterocycles. The van der Waals surface area contributed by atoms with Crippen LogP contribution in [0.25, 0.3) is 16.1 Å². The van der Waals surface area contributed by atoms with Gasteiger partial charge in [0.2, 0.25) is 5.91 Å². The number of hydrazine groups is 1. The van der Waals surface area contributed by atoms with E-state index < -0.39 is 15.9 Å². The van der Waals surface area contributed by atoms with Crippen LogP contribution in [0.5, 0.6) is 0 Å². The van der Waals surface area contributed by atoms with Gasteiger partial charge in [0.05, 0.1) is 31.9 Å². The molecule has 1 amide bonds. The van der Waals surface area contributed by atoms with E-state index >= 15 is 0 Å². The summed E-state index contributed by atoms with van der Waals surface area (Å²) < 4.78 is 24.2. The van der Waals surface area contributed by atoms with Crippen molar-refractivity contribution in [1.82, 2.24) is 20.2 Å². The van der Waals surface area contributed by atoms with Crippen molar-refractivity contribution >= 4 is 50.1 Å². The van der Waals surface area contributed by atoms with Gasteiger partial charge in [0.15, 0.2) is 9.84 Å². The number of nitrogens with one attached hydrogen (secondary N) is 1. The molecule has 2 aromatic carbocycles. The van der Waals surface area contributed by atoms with E-state index in [0.717, 1.165) is 52.0 Å². The van der Waals surface area contributed by atoms with E-state index in [4.69, 9.17) is 11.6 Å². The summed E-state index contributed by atoms with van der Waals surface area (Å²) in [6.07, 6.45) is 4.97. The highest BCUT2D eigenvalue weighted by Crippen LogP contribution is 2.39. The van der Waals surface area contributed by atoms with Gasteiger partial charge in [-0.15, -0.1) is 11.3 Å². The number of hydrogen-bond acceptors (Lipinski definition) is 8. The molecule has 1 unspecified atom stereocenters. The number of benzene rings is 2. The van der Waals surface area contributed by atoms with E-state index in [1.54, 1.807) is 24.4 Å². The van der Waals surface area contributed by atoms with Crippen molar-refractivity contribution in [3.05, 3.63) is 107 Å². The lowest BCUT2D eigenvalue weighted by Crippen LogP contribution is -2.54. The maximum atomic E-state index is 13.7. The van der Waals surface area contributed by atoms with Crippen LogP contribution >= 0.6 is 22.9 Å². The van der Waals surface area contributed by atoms with Gasteiger partial charge in [0.1, 0.15) is 6.04 Å². The van der Waals surface area contributed by atoms with Crippen molar-refractivity contribution in [2.75, 3.05) is 37.4 Å². The third-order valence-electron chi connectivity index (χ3n) is 7.39. The molecule has 11 heteroatoms. The van der Waals surface area contributed by atoms with E-state index in [1.165, 1.54) is 17.6 Å². The summed E-state index contributed by atoms with van der Waals surface area (Å²) in [7, 11) is -3.33. The Morgan fingerprint density at radius 3 is 2.48 bits per heavy atom. The fourth-order valence-electron chi connectivity index (χ4n) is 5.18. The van der Waals surface area contributed by atoms with E-state index in [1.807, 2.05) is 76.6 Å². The lowest BCUT2D eigenvalue weighted by atomic mass is 10.2. The Morgan fingerprint density at radius 1 is 0.976 bits per heavy atom. The predicted octanol–water partition coefficient (Wildman–Crippen LogP) is 4.95. The molecule has 4 aromatic rings. The first-order chi connectivity index (χ1) is 20.3. The highest BCUT2D eigenvalue weighted by molar-refractivity contribution is 7.90. The van der Waals surface area contributed by atoms with Crippen LogP contribution in [0.3, 0.4) is 0 Å². The van der Waals surface area contributed by atoms with Crippen molar-refractivity contribution in [3.63, 3.8) is 0 Å². The second-order valence-electron chi connectivity index (χ2n) is 10.3. The number of thiophene rings is 1. The number of carbonyl (C=O) groups is 1. The molecule has 216 valence electrons. The van der Waals surface area contributed by atoms with Gasteiger partial charge in [-0.2, -0.15) is 0 Å². The third kappa shape index (κ3) is 6.13. The summed E-state index contributed by atoms with van der Waals surface area (Å²) in [5, 5.41) is 2.44. The number of amides is 1. The zero-order valence-corrected chi connectivity index (χ0v) is 25.4. The third-order valence-corrected chi connectivity index (χ3v) is 9.98. The maximum absolute atomic E-state index is 13.7. The number of anilines is 1. The molecule has 2 aliphatic rings. The SMILES string of the molecule is CS(=O)(=O)c1cccc(-c2ccc(C3=CC(C(=O)N4CCN(Cc5ccccn5)CC4)NN3c3ccccc3Cl)s2)c1. The molecule has 2 aliphatic heterocycles. The zero-order chi connectivity index (χ0) is 29.3. The summed E-state index contributed by atoms with van der Waals surface area (Å²) in [5.41, 5.74) is 6.81. The highest BCUT2D eigenvalue weighted by Gasteiger charge is 2.35. The van der Waals surface area contributed by atoms with Gasteiger partial charge in [0, 0.05) is 50.1 Å². The molecule has 0 radical (unpaired) electrons. The average molecular weight is 620 g/mol. The number of aromatic nitrogens is 1. The van der Waals surface area contributed by atoms with Crippen molar-refractivity contribution in [3.8, 4) is 10.4 Å². The number of nitrogens with zero attached hydrogens (tertiary/aromatic N) is 4. The second kappa shape index (κ2) is 12.0. The summed E-state index contributed by atoms with van der Waals surface area (Å²) in [6, 6.07) is 23.8. The first-order valence-electron chi connectivity index (χ1n) is 13.6. The lowest BCUT2D eigenvalue weighted by molar-refractivity contribution is -0.133. The van der Waals surface area contributed by atoms with Crippen molar-refractivity contribution in [2.24, 2.45) is 0 Å². The number of halogens is 1. The van der Waals surface area contributed by atoms with Gasteiger partial charge in [-0.05, 0) is 60.2 Å². The molecule has 6 rings (SSSR count). The Morgan fingerprint density at radius 2 is 1.74 bits per heavy atom. The molecule has 1 N–H and O–H groups in total. The van der Waals surface area contributed by atoms with Gasteiger partial charge in [-0.25, -0.2) is 13.8 Å². The Bertz CT molecular complexity index is 1730. The molecular formula is C31H30ClN5O3S2. The van der Waals surface area contributed by atoms with Crippen molar-refractivity contribution in [2.45, 2.75) is 17.5 Å². The van der Waals surface area contributed by atoms with Gasteiger partial charge >= 0.3 is 0 Å². The topological polar surface area (TPSA) is 85.9 Å². The molecule has 0 aliphatic carbocycles. The van der Waals surface area contributed by atoms with E-state index in [9.17, 15) is 13.2 Å². The van der Waals surface area contributed by atoms with Gasteiger partial charge in [-0.1, -0.05) is 41.9 Å². The van der Waals surface area contributed by atoms with E-state index in [0.29, 0.717) is 18.1 Å². The number of piperazine rings is 1. The van der Waals surface area contributed by atoms with Gasteiger partial charge in [-0.3, -0.25) is 19.7 Å². The van der Waals surface area contributed by atoms with Gasteiger partial charge < -0.3 is 4.90 Å². The zero-order valence-electron chi connectivity index (χ0n) is 23.0. The monoisotopic (exact) mass is 619 g/mol. The minimum absolute atomic E-state index is 0.0113. The maximum Gasteiger partial charge on any atom is 0.245 e. The minimum atomic E-state index is -3.33. The van der Waals surface area contributed by atoms with Crippen LogP contribution in [0.15, 0.2) is 96.0 Å². The molecule has 0 saturated carbocycles.